The van der Waals surface area contributed by atoms with Crippen molar-refractivity contribution in [3.8, 4) is 0 Å². The number of nitrogens with two attached hydrogens (primary N) is 1. The number of likely N-dealkylation sites (tertiary alicyclic amines) is 1. The van der Waals surface area contributed by atoms with Gasteiger partial charge in [0.1, 0.15) is 5.82 Å². The molecule has 0 aromatic heterocycles. The van der Waals surface area contributed by atoms with Gasteiger partial charge in [0.25, 0.3) is 0 Å². The number of hydrogen-bond donors (Lipinski definition) is 1. The first-order valence-corrected chi connectivity index (χ1v) is 7.06. The number of halogens is 1. The van der Waals surface area contributed by atoms with Crippen molar-refractivity contribution in [1.82, 2.24) is 9.91 Å². The molecule has 2 N–H and O–H groups in total. The van der Waals surface area contributed by atoms with Gasteiger partial charge in [-0.3, -0.25) is 15.5 Å². The van der Waals surface area contributed by atoms with Gasteiger partial charge in [0.2, 0.25) is 0 Å². The Morgan fingerprint density at radius 1 is 1.35 bits per heavy atom. The standard InChI is InChI=1S/C15H22FN3O/c1-18(17)11-15(20)12-5-6-14(16)13(9-12)10-19-7-3-2-4-8-19/h5-6,9H,2-4,7-8,10-11,17H2,1H3. The predicted octanol–water partition coefficient (Wildman–Crippen LogP) is 1.80. The summed E-state index contributed by atoms with van der Waals surface area (Å²) in [5.74, 6) is 5.15. The summed E-state index contributed by atoms with van der Waals surface area (Å²) in [6.07, 6.45) is 3.58. The molecule has 2 rings (SSSR count). The molecule has 1 saturated heterocycles. The van der Waals surface area contributed by atoms with Crippen LogP contribution in [-0.4, -0.2) is 42.4 Å². The summed E-state index contributed by atoms with van der Waals surface area (Å²) in [4.78, 5) is 14.2. The highest BCUT2D eigenvalue weighted by molar-refractivity contribution is 5.97. The van der Waals surface area contributed by atoms with Crippen LogP contribution in [0.3, 0.4) is 0 Å². The van der Waals surface area contributed by atoms with Gasteiger partial charge in [-0.1, -0.05) is 6.42 Å². The van der Waals surface area contributed by atoms with E-state index < -0.39 is 0 Å². The Labute approximate surface area is 119 Å². The lowest BCUT2D eigenvalue weighted by Crippen LogP contribution is -2.32. The van der Waals surface area contributed by atoms with Crippen LogP contribution < -0.4 is 5.84 Å². The fourth-order valence-corrected chi connectivity index (χ4v) is 2.55. The monoisotopic (exact) mass is 279 g/mol. The largest absolute Gasteiger partial charge is 0.299 e. The molecule has 20 heavy (non-hydrogen) atoms. The van der Waals surface area contributed by atoms with Gasteiger partial charge in [0, 0.05) is 24.7 Å². The normalized spacial score (nSPS) is 16.6. The lowest BCUT2D eigenvalue weighted by atomic mass is 10.0. The summed E-state index contributed by atoms with van der Waals surface area (Å²) in [7, 11) is 1.63. The first kappa shape index (κ1) is 15.1. The topological polar surface area (TPSA) is 49.6 Å². The number of nitrogens with zero attached hydrogens (tertiary/aromatic N) is 2. The van der Waals surface area contributed by atoms with Gasteiger partial charge in [0.15, 0.2) is 5.78 Å². The number of hydrogen-bond acceptors (Lipinski definition) is 4. The van der Waals surface area contributed by atoms with Gasteiger partial charge in [0.05, 0.1) is 6.54 Å². The molecule has 110 valence electrons. The van der Waals surface area contributed by atoms with Crippen LogP contribution in [0.4, 0.5) is 4.39 Å². The van der Waals surface area contributed by atoms with Crippen LogP contribution in [0.15, 0.2) is 18.2 Å². The average Bonchev–Trinajstić information content (AvgIpc) is 2.41. The fourth-order valence-electron chi connectivity index (χ4n) is 2.55. The van der Waals surface area contributed by atoms with E-state index in [0.29, 0.717) is 17.7 Å². The minimum atomic E-state index is -0.242. The molecule has 0 radical (unpaired) electrons. The average molecular weight is 279 g/mol. The molecule has 0 spiro atoms. The zero-order valence-corrected chi connectivity index (χ0v) is 11.9. The van der Waals surface area contributed by atoms with E-state index >= 15 is 0 Å². The number of Topliss-reactive ketones (excluding diaryl/α,β-unsaturated/α-hetero) is 1. The van der Waals surface area contributed by atoms with Crippen LogP contribution in [0.5, 0.6) is 0 Å². The Balaban J connectivity index is 2.09. The van der Waals surface area contributed by atoms with Crippen molar-refractivity contribution in [3.63, 3.8) is 0 Å². The Kier molecular flexibility index (Phi) is 5.23. The second-order valence-corrected chi connectivity index (χ2v) is 5.48. The highest BCUT2D eigenvalue weighted by Gasteiger charge is 2.15. The zero-order valence-electron chi connectivity index (χ0n) is 11.9. The molecule has 1 aliphatic heterocycles. The zero-order chi connectivity index (χ0) is 14.5. The van der Waals surface area contributed by atoms with E-state index in [2.05, 4.69) is 4.90 Å². The smallest absolute Gasteiger partial charge is 0.178 e. The molecule has 1 fully saturated rings. The molecule has 1 heterocycles. The van der Waals surface area contributed by atoms with Gasteiger partial charge in [-0.2, -0.15) is 0 Å². The molecular weight excluding hydrogens is 257 g/mol. The Morgan fingerprint density at radius 2 is 2.05 bits per heavy atom. The molecule has 0 unspecified atom stereocenters. The van der Waals surface area contributed by atoms with E-state index in [-0.39, 0.29) is 18.1 Å². The molecule has 5 heteroatoms. The number of carbonyl (C=O) groups excluding carboxylic acids is 1. The van der Waals surface area contributed by atoms with Gasteiger partial charge in [-0.05, 0) is 44.1 Å². The van der Waals surface area contributed by atoms with E-state index in [1.807, 2.05) is 0 Å². The van der Waals surface area contributed by atoms with Crippen LogP contribution in [0.2, 0.25) is 0 Å². The number of rotatable bonds is 5. The maximum atomic E-state index is 13.9. The van der Waals surface area contributed by atoms with E-state index in [1.165, 1.54) is 23.6 Å². The van der Waals surface area contributed by atoms with E-state index in [0.717, 1.165) is 25.9 Å². The first-order chi connectivity index (χ1) is 9.56. The van der Waals surface area contributed by atoms with Crippen LogP contribution in [-0.2, 0) is 6.54 Å². The number of hydrazine groups is 1. The van der Waals surface area contributed by atoms with E-state index in [4.69, 9.17) is 5.84 Å². The van der Waals surface area contributed by atoms with Crippen LogP contribution in [0, 0.1) is 5.82 Å². The summed E-state index contributed by atoms with van der Waals surface area (Å²) in [5.41, 5.74) is 1.12. The minimum Gasteiger partial charge on any atom is -0.299 e. The maximum absolute atomic E-state index is 13.9. The van der Waals surface area contributed by atoms with E-state index in [9.17, 15) is 9.18 Å². The van der Waals surface area contributed by atoms with Crippen molar-refractivity contribution in [2.45, 2.75) is 25.8 Å². The second kappa shape index (κ2) is 6.92. The lowest BCUT2D eigenvalue weighted by Gasteiger charge is -2.26. The molecular formula is C15H22FN3O. The summed E-state index contributed by atoms with van der Waals surface area (Å²) >= 11 is 0. The van der Waals surface area contributed by atoms with Crippen molar-refractivity contribution in [1.29, 1.82) is 0 Å². The summed E-state index contributed by atoms with van der Waals surface area (Å²) in [6.45, 7) is 2.71. The molecule has 4 nitrogen and oxygen atoms in total. The third-order valence-electron chi connectivity index (χ3n) is 3.60. The molecule has 0 saturated carbocycles. The quantitative estimate of drug-likeness (QED) is 0.507. The van der Waals surface area contributed by atoms with Gasteiger partial charge < -0.3 is 0 Å². The van der Waals surface area contributed by atoms with Crippen LogP contribution >= 0.6 is 0 Å². The molecule has 0 amide bonds. The third-order valence-corrected chi connectivity index (χ3v) is 3.60. The molecule has 0 aliphatic carbocycles. The van der Waals surface area contributed by atoms with Crippen molar-refractivity contribution < 1.29 is 9.18 Å². The summed E-state index contributed by atoms with van der Waals surface area (Å²) < 4.78 is 13.9. The Morgan fingerprint density at radius 3 is 2.70 bits per heavy atom. The van der Waals surface area contributed by atoms with Crippen molar-refractivity contribution in [3.05, 3.63) is 35.1 Å². The predicted molar refractivity (Wildman–Crippen MR) is 76.7 cm³/mol. The number of carbonyl (C=O) groups is 1. The third kappa shape index (κ3) is 4.10. The first-order valence-electron chi connectivity index (χ1n) is 7.06. The molecule has 0 bridgehead atoms. The Hall–Kier alpha value is -1.30. The van der Waals surface area contributed by atoms with Crippen molar-refractivity contribution >= 4 is 5.78 Å². The summed E-state index contributed by atoms with van der Waals surface area (Å²) in [5, 5.41) is 1.33. The van der Waals surface area contributed by atoms with Gasteiger partial charge in [-0.25, -0.2) is 9.40 Å². The minimum absolute atomic E-state index is 0.0881. The highest BCUT2D eigenvalue weighted by Crippen LogP contribution is 2.17. The van der Waals surface area contributed by atoms with Gasteiger partial charge >= 0.3 is 0 Å². The summed E-state index contributed by atoms with van der Waals surface area (Å²) in [6, 6.07) is 4.57. The second-order valence-electron chi connectivity index (χ2n) is 5.48. The number of likely N-dealkylation sites (N-methyl/N-ethyl adjacent to an activating group) is 1. The fraction of sp³-hybridized carbons (Fsp3) is 0.533. The molecule has 1 aromatic carbocycles. The molecule has 1 aromatic rings. The van der Waals surface area contributed by atoms with Gasteiger partial charge in [-0.15, -0.1) is 0 Å². The Bertz CT molecular complexity index is 470. The number of ketones is 1. The van der Waals surface area contributed by atoms with Crippen LogP contribution in [0.1, 0.15) is 35.2 Å². The van der Waals surface area contributed by atoms with E-state index in [1.54, 1.807) is 13.1 Å². The highest BCUT2D eigenvalue weighted by atomic mass is 19.1. The molecule has 1 aliphatic rings. The SMILES string of the molecule is CN(N)CC(=O)c1ccc(F)c(CN2CCCCC2)c1. The maximum Gasteiger partial charge on any atom is 0.178 e. The lowest BCUT2D eigenvalue weighted by molar-refractivity contribution is 0.0946. The number of piperidine rings is 1. The number of benzene rings is 1. The molecule has 0 atom stereocenters. The van der Waals surface area contributed by atoms with Crippen molar-refractivity contribution in [2.75, 3.05) is 26.7 Å². The van der Waals surface area contributed by atoms with Crippen LogP contribution in [0.25, 0.3) is 0 Å². The van der Waals surface area contributed by atoms with Crippen molar-refractivity contribution in [2.24, 2.45) is 5.84 Å².